The number of aliphatic carboxylic acids is 1. The van der Waals surface area contributed by atoms with Crippen molar-refractivity contribution in [3.8, 4) is 0 Å². The van der Waals surface area contributed by atoms with E-state index < -0.39 is 18.2 Å². The van der Waals surface area contributed by atoms with Crippen molar-refractivity contribution in [2.75, 3.05) is 10.6 Å². The number of carbonyl (C=O) groups excluding carboxylic acids is 2. The van der Waals surface area contributed by atoms with Crippen molar-refractivity contribution in [3.05, 3.63) is 24.3 Å². The second-order valence-electron chi connectivity index (χ2n) is 5.85. The van der Waals surface area contributed by atoms with Crippen LogP contribution in [0, 0.1) is 0 Å². The molecule has 4 N–H and O–H groups in total. The molecule has 8 heteroatoms. The number of urea groups is 1. The summed E-state index contributed by atoms with van der Waals surface area (Å²) in [6.07, 6.45) is -0.994. The molecule has 1 heterocycles. The molecule has 2 rings (SSSR count). The molecule has 24 heavy (non-hydrogen) atoms. The average Bonchev–Trinajstić information content (AvgIpc) is 2.98. The van der Waals surface area contributed by atoms with E-state index in [2.05, 4.69) is 16.0 Å². The summed E-state index contributed by atoms with van der Waals surface area (Å²) in [5.74, 6) is -1.43. The Morgan fingerprint density at radius 3 is 2.08 bits per heavy atom. The van der Waals surface area contributed by atoms with E-state index in [1.807, 2.05) is 13.8 Å². The summed E-state index contributed by atoms with van der Waals surface area (Å²) >= 11 is 0. The highest BCUT2D eigenvalue weighted by molar-refractivity contribution is 5.95. The fourth-order valence-corrected chi connectivity index (χ4v) is 2.30. The summed E-state index contributed by atoms with van der Waals surface area (Å²) in [6, 6.07) is 6.33. The quantitative estimate of drug-likeness (QED) is 0.654. The van der Waals surface area contributed by atoms with Crippen LogP contribution in [0.15, 0.2) is 24.3 Å². The van der Waals surface area contributed by atoms with Gasteiger partial charge in [0.2, 0.25) is 0 Å². The molecule has 130 valence electrons. The van der Waals surface area contributed by atoms with Crippen LogP contribution in [-0.4, -0.2) is 41.3 Å². The Balaban J connectivity index is 1.86. The van der Waals surface area contributed by atoms with Crippen molar-refractivity contribution >= 4 is 29.3 Å². The SMILES string of the molecule is CC(C)NC(=O)Nc1ccc(NC(=O)[C@@H]2CC[C@H](C(=O)O)O2)cc1. The number of carbonyl (C=O) groups is 3. The molecule has 0 radical (unpaired) electrons. The van der Waals surface area contributed by atoms with Crippen LogP contribution in [-0.2, 0) is 14.3 Å². The second-order valence-corrected chi connectivity index (χ2v) is 5.85. The molecule has 1 aromatic carbocycles. The lowest BCUT2D eigenvalue weighted by atomic mass is 10.2. The molecular weight excluding hydrogens is 314 g/mol. The Morgan fingerprint density at radius 2 is 1.58 bits per heavy atom. The Labute approximate surface area is 139 Å². The van der Waals surface area contributed by atoms with E-state index in [1.54, 1.807) is 24.3 Å². The van der Waals surface area contributed by atoms with Crippen molar-refractivity contribution in [1.82, 2.24) is 5.32 Å². The van der Waals surface area contributed by atoms with Gasteiger partial charge in [-0.3, -0.25) is 4.79 Å². The van der Waals surface area contributed by atoms with Gasteiger partial charge >= 0.3 is 12.0 Å². The largest absolute Gasteiger partial charge is 0.479 e. The van der Waals surface area contributed by atoms with Crippen LogP contribution >= 0.6 is 0 Å². The van der Waals surface area contributed by atoms with E-state index in [0.717, 1.165) is 0 Å². The van der Waals surface area contributed by atoms with Gasteiger partial charge in [-0.1, -0.05) is 0 Å². The summed E-state index contributed by atoms with van der Waals surface area (Å²) in [5, 5.41) is 16.9. The molecule has 1 fully saturated rings. The molecule has 1 aromatic rings. The molecule has 0 bridgehead atoms. The van der Waals surface area contributed by atoms with Crippen LogP contribution in [0.5, 0.6) is 0 Å². The second kappa shape index (κ2) is 7.78. The van der Waals surface area contributed by atoms with Gasteiger partial charge in [0.1, 0.15) is 6.10 Å². The van der Waals surface area contributed by atoms with Crippen molar-refractivity contribution in [2.24, 2.45) is 0 Å². The third-order valence-electron chi connectivity index (χ3n) is 3.42. The number of benzene rings is 1. The number of ether oxygens (including phenoxy) is 1. The monoisotopic (exact) mass is 335 g/mol. The zero-order valence-corrected chi connectivity index (χ0v) is 13.5. The lowest BCUT2D eigenvalue weighted by Crippen LogP contribution is -2.34. The van der Waals surface area contributed by atoms with Crippen LogP contribution in [0.2, 0.25) is 0 Å². The molecule has 0 unspecified atom stereocenters. The van der Waals surface area contributed by atoms with Gasteiger partial charge in [-0.2, -0.15) is 0 Å². The number of hydrogen-bond donors (Lipinski definition) is 4. The number of anilines is 2. The van der Waals surface area contributed by atoms with E-state index in [1.165, 1.54) is 0 Å². The van der Waals surface area contributed by atoms with Crippen LogP contribution in [0.1, 0.15) is 26.7 Å². The fraction of sp³-hybridized carbons (Fsp3) is 0.438. The molecule has 0 aromatic heterocycles. The first kappa shape index (κ1) is 17.7. The van der Waals surface area contributed by atoms with Crippen molar-refractivity contribution in [2.45, 2.75) is 44.9 Å². The smallest absolute Gasteiger partial charge is 0.332 e. The Morgan fingerprint density at radius 1 is 1.04 bits per heavy atom. The Bertz CT molecular complexity index is 615. The molecule has 0 aliphatic carbocycles. The van der Waals surface area contributed by atoms with Crippen LogP contribution in [0.25, 0.3) is 0 Å². The van der Waals surface area contributed by atoms with Crippen LogP contribution in [0.3, 0.4) is 0 Å². The number of carboxylic acid groups (broad SMARTS) is 1. The van der Waals surface area contributed by atoms with Gasteiger partial charge in [0.25, 0.3) is 5.91 Å². The molecule has 0 saturated carbocycles. The topological polar surface area (TPSA) is 117 Å². The first-order valence-electron chi connectivity index (χ1n) is 7.72. The minimum Gasteiger partial charge on any atom is -0.479 e. The van der Waals surface area contributed by atoms with Gasteiger partial charge in [0.15, 0.2) is 6.10 Å². The van der Waals surface area contributed by atoms with Crippen molar-refractivity contribution < 1.29 is 24.2 Å². The lowest BCUT2D eigenvalue weighted by molar-refractivity contribution is -0.150. The molecule has 8 nitrogen and oxygen atoms in total. The number of nitrogens with one attached hydrogen (secondary N) is 3. The third-order valence-corrected chi connectivity index (χ3v) is 3.42. The van der Waals surface area contributed by atoms with Gasteiger partial charge in [0, 0.05) is 17.4 Å². The number of hydrogen-bond acceptors (Lipinski definition) is 4. The molecular formula is C16H21N3O5. The van der Waals surface area contributed by atoms with Gasteiger partial charge in [0.05, 0.1) is 0 Å². The Hall–Kier alpha value is -2.61. The van der Waals surface area contributed by atoms with Gasteiger partial charge in [-0.25, -0.2) is 9.59 Å². The highest BCUT2D eigenvalue weighted by Crippen LogP contribution is 2.22. The minimum atomic E-state index is -1.06. The van der Waals surface area contributed by atoms with Gasteiger partial charge in [-0.15, -0.1) is 0 Å². The molecule has 3 amide bonds. The maximum absolute atomic E-state index is 12.1. The van der Waals surface area contributed by atoms with E-state index in [9.17, 15) is 14.4 Å². The number of carboxylic acids is 1. The lowest BCUT2D eigenvalue weighted by Gasteiger charge is -2.13. The first-order valence-corrected chi connectivity index (χ1v) is 7.72. The standard InChI is InChI=1S/C16H21N3O5/c1-9(2)17-16(23)19-11-5-3-10(4-6-11)18-14(20)12-7-8-13(24-12)15(21)22/h3-6,9,12-13H,7-8H2,1-2H3,(H,18,20)(H,21,22)(H2,17,19,23)/t12-,13+/m0/s1. The average molecular weight is 335 g/mol. The summed E-state index contributed by atoms with van der Waals surface area (Å²) < 4.78 is 5.19. The van der Waals surface area contributed by atoms with Crippen LogP contribution in [0.4, 0.5) is 16.2 Å². The molecule has 1 saturated heterocycles. The molecule has 1 aliphatic heterocycles. The van der Waals surface area contributed by atoms with Crippen molar-refractivity contribution in [3.63, 3.8) is 0 Å². The number of rotatable bonds is 5. The zero-order chi connectivity index (χ0) is 17.7. The summed E-state index contributed by atoms with van der Waals surface area (Å²) in [5.41, 5.74) is 1.13. The van der Waals surface area contributed by atoms with E-state index >= 15 is 0 Å². The van der Waals surface area contributed by atoms with Gasteiger partial charge < -0.3 is 25.8 Å². The third kappa shape index (κ3) is 4.95. The van der Waals surface area contributed by atoms with Crippen LogP contribution < -0.4 is 16.0 Å². The highest BCUT2D eigenvalue weighted by atomic mass is 16.5. The zero-order valence-electron chi connectivity index (χ0n) is 13.5. The maximum Gasteiger partial charge on any atom is 0.332 e. The summed E-state index contributed by atoms with van der Waals surface area (Å²) in [6.45, 7) is 3.72. The number of amides is 3. The first-order chi connectivity index (χ1) is 11.3. The molecule has 1 aliphatic rings. The summed E-state index contributed by atoms with van der Waals surface area (Å²) in [7, 11) is 0. The predicted molar refractivity (Wildman–Crippen MR) is 87.9 cm³/mol. The maximum atomic E-state index is 12.1. The highest BCUT2D eigenvalue weighted by Gasteiger charge is 2.34. The summed E-state index contributed by atoms with van der Waals surface area (Å²) in [4.78, 5) is 34.5. The predicted octanol–water partition coefficient (Wildman–Crippen LogP) is 1.79. The van der Waals surface area contributed by atoms with E-state index in [-0.39, 0.29) is 18.0 Å². The molecule has 2 atom stereocenters. The van der Waals surface area contributed by atoms with Crippen molar-refractivity contribution in [1.29, 1.82) is 0 Å². The fourth-order valence-electron chi connectivity index (χ4n) is 2.30. The minimum absolute atomic E-state index is 0.0320. The van der Waals surface area contributed by atoms with Gasteiger partial charge in [-0.05, 0) is 51.0 Å². The van der Waals surface area contributed by atoms with E-state index in [4.69, 9.17) is 9.84 Å². The van der Waals surface area contributed by atoms with E-state index in [0.29, 0.717) is 24.2 Å². The Kier molecular flexibility index (Phi) is 5.75. The normalized spacial score (nSPS) is 19.8. The molecule has 0 spiro atoms.